The molecular weight excluding hydrogens is 271 g/mol. The third kappa shape index (κ3) is 4.00. The molecule has 0 saturated carbocycles. The van der Waals surface area contributed by atoms with Gasteiger partial charge < -0.3 is 10.6 Å². The molecular formula is C9H10Cl2N2O2S. The summed E-state index contributed by atoms with van der Waals surface area (Å²) in [5, 5.41) is 5.18. The van der Waals surface area contributed by atoms with Crippen molar-refractivity contribution in [3.05, 3.63) is 20.3 Å². The van der Waals surface area contributed by atoms with Crippen LogP contribution in [-0.2, 0) is 4.79 Å². The van der Waals surface area contributed by atoms with Crippen LogP contribution in [0.5, 0.6) is 0 Å². The van der Waals surface area contributed by atoms with Crippen LogP contribution in [-0.4, -0.2) is 24.9 Å². The second kappa shape index (κ2) is 6.08. The summed E-state index contributed by atoms with van der Waals surface area (Å²) < 4.78 is 0.832. The van der Waals surface area contributed by atoms with E-state index >= 15 is 0 Å². The Balaban J connectivity index is 2.41. The molecule has 4 nitrogen and oxygen atoms in total. The van der Waals surface area contributed by atoms with E-state index in [1.54, 1.807) is 0 Å². The van der Waals surface area contributed by atoms with E-state index in [0.29, 0.717) is 27.3 Å². The van der Waals surface area contributed by atoms with Gasteiger partial charge in [0.15, 0.2) is 0 Å². The average Bonchev–Trinajstić information content (AvgIpc) is 2.52. The van der Waals surface area contributed by atoms with Gasteiger partial charge >= 0.3 is 0 Å². The van der Waals surface area contributed by atoms with Crippen molar-refractivity contribution in [2.45, 2.75) is 6.92 Å². The smallest absolute Gasteiger partial charge is 0.253 e. The Bertz CT molecular complexity index is 406. The number of nitrogens with one attached hydrogen (secondary N) is 2. The Morgan fingerprint density at radius 1 is 1.31 bits per heavy atom. The molecule has 0 radical (unpaired) electrons. The van der Waals surface area contributed by atoms with Crippen LogP contribution in [0.4, 0.5) is 0 Å². The summed E-state index contributed by atoms with van der Waals surface area (Å²) in [6.45, 7) is 2.15. The van der Waals surface area contributed by atoms with Gasteiger partial charge in [0, 0.05) is 20.0 Å². The fourth-order valence-electron chi connectivity index (χ4n) is 1.00. The number of hydrogen-bond acceptors (Lipinski definition) is 3. The highest BCUT2D eigenvalue weighted by molar-refractivity contribution is 7.20. The van der Waals surface area contributed by atoms with E-state index in [9.17, 15) is 9.59 Å². The van der Waals surface area contributed by atoms with E-state index in [-0.39, 0.29) is 11.8 Å². The minimum absolute atomic E-state index is 0.133. The zero-order chi connectivity index (χ0) is 12.1. The first-order valence-corrected chi connectivity index (χ1v) is 6.05. The summed E-state index contributed by atoms with van der Waals surface area (Å²) in [7, 11) is 0. The molecule has 0 bridgehead atoms. The molecule has 0 atom stereocenters. The first-order valence-electron chi connectivity index (χ1n) is 4.48. The van der Waals surface area contributed by atoms with Crippen molar-refractivity contribution >= 4 is 46.4 Å². The fraction of sp³-hybridized carbons (Fsp3) is 0.333. The minimum Gasteiger partial charge on any atom is -0.355 e. The summed E-state index contributed by atoms with van der Waals surface area (Å²) in [6.07, 6.45) is 0. The van der Waals surface area contributed by atoms with Crippen LogP contribution in [0.3, 0.4) is 0 Å². The van der Waals surface area contributed by atoms with Gasteiger partial charge in [-0.25, -0.2) is 0 Å². The van der Waals surface area contributed by atoms with E-state index in [2.05, 4.69) is 10.6 Å². The lowest BCUT2D eigenvalue weighted by Gasteiger charge is -2.04. The highest BCUT2D eigenvalue weighted by Gasteiger charge is 2.13. The molecule has 0 aliphatic carbocycles. The lowest BCUT2D eigenvalue weighted by Crippen LogP contribution is -2.33. The molecule has 88 valence electrons. The largest absolute Gasteiger partial charge is 0.355 e. The normalized spacial score (nSPS) is 9.94. The SMILES string of the molecule is CC(=O)NCCNC(=O)c1cc(Cl)sc1Cl. The molecule has 0 aromatic carbocycles. The van der Waals surface area contributed by atoms with Gasteiger partial charge in [-0.3, -0.25) is 9.59 Å². The van der Waals surface area contributed by atoms with Crippen molar-refractivity contribution in [2.24, 2.45) is 0 Å². The van der Waals surface area contributed by atoms with Gasteiger partial charge in [-0.2, -0.15) is 0 Å². The van der Waals surface area contributed by atoms with E-state index in [1.807, 2.05) is 0 Å². The maximum atomic E-state index is 11.6. The zero-order valence-corrected chi connectivity index (χ0v) is 10.8. The molecule has 16 heavy (non-hydrogen) atoms. The summed E-state index contributed by atoms with van der Waals surface area (Å²) in [5.41, 5.74) is 0.361. The van der Waals surface area contributed by atoms with Gasteiger partial charge in [-0.05, 0) is 6.07 Å². The van der Waals surface area contributed by atoms with Crippen molar-refractivity contribution in [1.82, 2.24) is 10.6 Å². The molecule has 0 aliphatic heterocycles. The van der Waals surface area contributed by atoms with Crippen LogP contribution >= 0.6 is 34.5 Å². The summed E-state index contributed by atoms with van der Waals surface area (Å²) >= 11 is 12.7. The van der Waals surface area contributed by atoms with Crippen molar-refractivity contribution in [3.63, 3.8) is 0 Å². The van der Waals surface area contributed by atoms with Gasteiger partial charge in [-0.15, -0.1) is 11.3 Å². The molecule has 1 aromatic rings. The highest BCUT2D eigenvalue weighted by Crippen LogP contribution is 2.30. The van der Waals surface area contributed by atoms with Crippen LogP contribution in [0.25, 0.3) is 0 Å². The van der Waals surface area contributed by atoms with Crippen molar-refractivity contribution in [2.75, 3.05) is 13.1 Å². The number of carbonyl (C=O) groups excluding carboxylic acids is 2. The molecule has 0 fully saturated rings. The summed E-state index contributed by atoms with van der Waals surface area (Å²) in [5.74, 6) is -0.427. The Morgan fingerprint density at radius 2 is 1.94 bits per heavy atom. The van der Waals surface area contributed by atoms with Crippen molar-refractivity contribution < 1.29 is 9.59 Å². The van der Waals surface area contributed by atoms with Crippen LogP contribution in [0, 0.1) is 0 Å². The average molecular weight is 281 g/mol. The Hall–Kier alpha value is -0.780. The standard InChI is InChI=1S/C9H10Cl2N2O2S/c1-5(14)12-2-3-13-9(15)6-4-7(10)16-8(6)11/h4H,2-3H2,1H3,(H,12,14)(H,13,15). The third-order valence-electron chi connectivity index (χ3n) is 1.69. The topological polar surface area (TPSA) is 58.2 Å². The monoisotopic (exact) mass is 280 g/mol. The van der Waals surface area contributed by atoms with Gasteiger partial charge in [0.05, 0.1) is 9.90 Å². The molecule has 7 heteroatoms. The van der Waals surface area contributed by atoms with E-state index in [1.165, 1.54) is 13.0 Å². The molecule has 1 rings (SSSR count). The van der Waals surface area contributed by atoms with Crippen LogP contribution in [0.1, 0.15) is 17.3 Å². The van der Waals surface area contributed by atoms with Gasteiger partial charge in [0.1, 0.15) is 4.34 Å². The van der Waals surface area contributed by atoms with Crippen LogP contribution < -0.4 is 10.6 Å². The van der Waals surface area contributed by atoms with Crippen LogP contribution in [0.15, 0.2) is 6.07 Å². The maximum Gasteiger partial charge on any atom is 0.253 e. The van der Waals surface area contributed by atoms with Gasteiger partial charge in [-0.1, -0.05) is 23.2 Å². The lowest BCUT2D eigenvalue weighted by molar-refractivity contribution is -0.118. The number of halogens is 2. The molecule has 0 saturated heterocycles. The number of hydrogen-bond donors (Lipinski definition) is 2. The fourth-order valence-corrected chi connectivity index (χ4v) is 2.46. The number of rotatable bonds is 4. The lowest BCUT2D eigenvalue weighted by atomic mass is 10.3. The predicted octanol–water partition coefficient (Wildman–Crippen LogP) is 1.92. The Labute approximate surface area is 107 Å². The molecule has 0 aliphatic rings. The second-order valence-corrected chi connectivity index (χ2v) is 5.26. The van der Waals surface area contributed by atoms with Crippen molar-refractivity contribution in [1.29, 1.82) is 0 Å². The second-order valence-electron chi connectivity index (χ2n) is 2.98. The molecule has 1 heterocycles. The highest BCUT2D eigenvalue weighted by atomic mass is 35.5. The number of amides is 2. The summed E-state index contributed by atoms with van der Waals surface area (Å²) in [6, 6.07) is 1.52. The number of thiophene rings is 1. The quantitative estimate of drug-likeness (QED) is 0.828. The molecule has 1 aromatic heterocycles. The molecule has 0 unspecified atom stereocenters. The van der Waals surface area contributed by atoms with E-state index in [0.717, 1.165) is 11.3 Å². The Morgan fingerprint density at radius 3 is 2.44 bits per heavy atom. The number of carbonyl (C=O) groups is 2. The predicted molar refractivity (Wildman–Crippen MR) is 65.4 cm³/mol. The van der Waals surface area contributed by atoms with Gasteiger partial charge in [0.2, 0.25) is 5.91 Å². The first kappa shape index (κ1) is 13.3. The van der Waals surface area contributed by atoms with E-state index in [4.69, 9.17) is 23.2 Å². The zero-order valence-electron chi connectivity index (χ0n) is 8.47. The first-order chi connectivity index (χ1) is 7.50. The van der Waals surface area contributed by atoms with Gasteiger partial charge in [0.25, 0.3) is 5.91 Å². The summed E-state index contributed by atoms with van der Waals surface area (Å²) in [4.78, 5) is 22.1. The Kier molecular flexibility index (Phi) is 5.05. The third-order valence-corrected chi connectivity index (χ3v) is 3.17. The molecule has 2 amide bonds. The van der Waals surface area contributed by atoms with Crippen molar-refractivity contribution in [3.8, 4) is 0 Å². The molecule has 0 spiro atoms. The maximum absolute atomic E-state index is 11.6. The van der Waals surface area contributed by atoms with Crippen LogP contribution in [0.2, 0.25) is 8.67 Å². The molecule has 2 N–H and O–H groups in total. The minimum atomic E-state index is -0.293. The van der Waals surface area contributed by atoms with E-state index < -0.39 is 0 Å².